The zero-order valence-corrected chi connectivity index (χ0v) is 14.5. The fourth-order valence-corrected chi connectivity index (χ4v) is 3.34. The highest BCUT2D eigenvalue weighted by molar-refractivity contribution is 7.99. The molecule has 2 aromatic carbocycles. The molecular formula is C16H14N4O5S. The number of benzene rings is 2. The summed E-state index contributed by atoms with van der Waals surface area (Å²) in [5, 5.41) is 18.4. The summed E-state index contributed by atoms with van der Waals surface area (Å²) < 4.78 is 4.65. The molecule has 26 heavy (non-hydrogen) atoms. The Kier molecular flexibility index (Phi) is 5.44. The number of carbonyl (C=O) groups excluding carboxylic acids is 1. The third kappa shape index (κ3) is 3.81. The Bertz CT molecular complexity index is 941. The van der Waals surface area contributed by atoms with Gasteiger partial charge < -0.3 is 0 Å². The molecule has 0 bridgehead atoms. The van der Waals surface area contributed by atoms with Gasteiger partial charge >= 0.3 is 5.69 Å². The molecule has 0 aliphatic carbocycles. The summed E-state index contributed by atoms with van der Waals surface area (Å²) in [6, 6.07) is 10.2. The van der Waals surface area contributed by atoms with Gasteiger partial charge in [-0.2, -0.15) is 0 Å². The Morgan fingerprint density at radius 3 is 2.65 bits per heavy atom. The summed E-state index contributed by atoms with van der Waals surface area (Å²) in [6.07, 6.45) is 0.751. The van der Waals surface area contributed by atoms with Crippen molar-refractivity contribution in [1.29, 1.82) is 0 Å². The summed E-state index contributed by atoms with van der Waals surface area (Å²) in [5.74, 6) is 0.420. The molecule has 1 heterocycles. The number of nitrogens with one attached hydrogen (secondary N) is 1. The van der Waals surface area contributed by atoms with Crippen molar-refractivity contribution in [2.45, 2.75) is 11.3 Å². The minimum Gasteiger partial charge on any atom is -0.277 e. The van der Waals surface area contributed by atoms with E-state index in [1.165, 1.54) is 24.9 Å². The molecule has 9 nitrogen and oxygen atoms in total. The van der Waals surface area contributed by atoms with Crippen LogP contribution in [0.4, 0.5) is 5.69 Å². The van der Waals surface area contributed by atoms with Crippen molar-refractivity contribution in [1.82, 2.24) is 15.8 Å². The highest BCUT2D eigenvalue weighted by Crippen LogP contribution is 2.31. The Morgan fingerprint density at radius 1 is 1.23 bits per heavy atom. The summed E-state index contributed by atoms with van der Waals surface area (Å²) in [5.41, 5.74) is 4.23. The van der Waals surface area contributed by atoms with Crippen LogP contribution in [-0.4, -0.2) is 34.0 Å². The van der Waals surface area contributed by atoms with Crippen molar-refractivity contribution in [3.05, 3.63) is 57.6 Å². The van der Waals surface area contributed by atoms with Crippen molar-refractivity contribution in [3.8, 4) is 0 Å². The number of fused-ring (bicyclic) bond motifs is 1. The molecule has 134 valence electrons. The Hall–Kier alpha value is -2.98. The van der Waals surface area contributed by atoms with Crippen LogP contribution in [0.5, 0.6) is 0 Å². The second-order valence-corrected chi connectivity index (χ2v) is 6.37. The molecule has 0 aliphatic heterocycles. The first-order valence-corrected chi connectivity index (χ1v) is 8.53. The summed E-state index contributed by atoms with van der Waals surface area (Å²) in [7, 11) is 1.38. The SMILES string of the molecule is CONC(=O)c1ccc(CCSc2ccc([N+](=O)[O-])c3nonc23)cc1. The zero-order chi connectivity index (χ0) is 18.5. The number of aryl methyl sites for hydroxylation is 1. The molecule has 1 N–H and O–H groups in total. The molecule has 0 saturated carbocycles. The highest BCUT2D eigenvalue weighted by atomic mass is 32.2. The minimum absolute atomic E-state index is 0.129. The lowest BCUT2D eigenvalue weighted by Crippen LogP contribution is -2.21. The lowest BCUT2D eigenvalue weighted by atomic mass is 10.1. The van der Waals surface area contributed by atoms with E-state index < -0.39 is 4.92 Å². The van der Waals surface area contributed by atoms with Crippen LogP contribution in [0.1, 0.15) is 15.9 Å². The molecular weight excluding hydrogens is 360 g/mol. The number of hydrogen-bond acceptors (Lipinski definition) is 8. The molecule has 0 fully saturated rings. The number of nitrogens with zero attached hydrogens (tertiary/aromatic N) is 3. The second-order valence-electron chi connectivity index (χ2n) is 5.23. The Morgan fingerprint density at radius 2 is 1.96 bits per heavy atom. The van der Waals surface area contributed by atoms with Crippen molar-refractivity contribution >= 4 is 34.4 Å². The van der Waals surface area contributed by atoms with E-state index in [1.807, 2.05) is 12.1 Å². The van der Waals surface area contributed by atoms with Crippen LogP contribution in [-0.2, 0) is 11.3 Å². The predicted octanol–water partition coefficient (Wildman–Crippen LogP) is 2.76. The predicted molar refractivity (Wildman–Crippen MR) is 93.8 cm³/mol. The molecule has 0 radical (unpaired) electrons. The van der Waals surface area contributed by atoms with Gasteiger partial charge in [0.05, 0.1) is 12.0 Å². The lowest BCUT2D eigenvalue weighted by molar-refractivity contribution is -0.383. The molecule has 0 spiro atoms. The van der Waals surface area contributed by atoms with Crippen LogP contribution in [0.2, 0.25) is 0 Å². The van der Waals surface area contributed by atoms with Gasteiger partial charge in [-0.1, -0.05) is 12.1 Å². The number of rotatable bonds is 7. The number of hydroxylamine groups is 1. The van der Waals surface area contributed by atoms with Crippen LogP contribution in [0.3, 0.4) is 0 Å². The van der Waals surface area contributed by atoms with Crippen LogP contribution in [0.25, 0.3) is 11.0 Å². The zero-order valence-electron chi connectivity index (χ0n) is 13.7. The van der Waals surface area contributed by atoms with Crippen molar-refractivity contribution in [2.24, 2.45) is 0 Å². The first-order valence-electron chi connectivity index (χ1n) is 7.55. The van der Waals surface area contributed by atoms with Crippen LogP contribution < -0.4 is 5.48 Å². The standard InChI is InChI=1S/C16H14N4O5S/c1-24-19-16(21)11-4-2-10(3-5-11)8-9-26-13-7-6-12(20(22)23)14-15(13)18-25-17-14/h2-7H,8-9H2,1H3,(H,19,21). The maximum Gasteiger partial charge on any atom is 0.300 e. The summed E-state index contributed by atoms with van der Waals surface area (Å²) in [4.78, 5) is 27.5. The fourth-order valence-electron chi connectivity index (χ4n) is 2.35. The number of thioether (sulfide) groups is 1. The minimum atomic E-state index is -0.512. The monoisotopic (exact) mass is 374 g/mol. The maximum atomic E-state index is 11.6. The molecule has 0 atom stereocenters. The van der Waals surface area contributed by atoms with Crippen LogP contribution in [0, 0.1) is 10.1 Å². The summed E-state index contributed by atoms with van der Waals surface area (Å²) in [6.45, 7) is 0. The van der Waals surface area contributed by atoms with Gasteiger partial charge in [-0.05, 0) is 40.5 Å². The fraction of sp³-hybridized carbons (Fsp3) is 0.188. The maximum absolute atomic E-state index is 11.6. The molecule has 1 amide bonds. The normalized spacial score (nSPS) is 10.8. The second kappa shape index (κ2) is 7.93. The van der Waals surface area contributed by atoms with E-state index in [1.54, 1.807) is 18.2 Å². The van der Waals surface area contributed by atoms with E-state index >= 15 is 0 Å². The molecule has 0 unspecified atom stereocenters. The van der Waals surface area contributed by atoms with Gasteiger partial charge in [-0.3, -0.25) is 19.7 Å². The van der Waals surface area contributed by atoms with E-state index in [-0.39, 0.29) is 17.1 Å². The first-order chi connectivity index (χ1) is 12.6. The third-order valence-electron chi connectivity index (χ3n) is 3.61. The first kappa shape index (κ1) is 17.8. The van der Waals surface area contributed by atoms with Crippen molar-refractivity contribution in [3.63, 3.8) is 0 Å². The highest BCUT2D eigenvalue weighted by Gasteiger charge is 2.19. The van der Waals surface area contributed by atoms with Gasteiger partial charge in [0.1, 0.15) is 0 Å². The molecule has 3 rings (SSSR count). The van der Waals surface area contributed by atoms with E-state index in [9.17, 15) is 14.9 Å². The largest absolute Gasteiger partial charge is 0.300 e. The Labute approximate surface area is 151 Å². The van der Waals surface area contributed by atoms with Gasteiger partial charge in [-0.15, -0.1) is 11.8 Å². The molecule has 0 saturated heterocycles. The number of hydrogen-bond donors (Lipinski definition) is 1. The number of nitro groups is 1. The van der Waals surface area contributed by atoms with Gasteiger partial charge in [-0.25, -0.2) is 10.1 Å². The number of non-ortho nitro benzene ring substituents is 1. The smallest absolute Gasteiger partial charge is 0.277 e. The molecule has 3 aromatic rings. The van der Waals surface area contributed by atoms with Gasteiger partial charge in [0.25, 0.3) is 5.91 Å². The van der Waals surface area contributed by atoms with E-state index in [4.69, 9.17) is 0 Å². The average molecular weight is 374 g/mol. The van der Waals surface area contributed by atoms with E-state index in [0.29, 0.717) is 11.1 Å². The Balaban J connectivity index is 1.64. The summed E-state index contributed by atoms with van der Waals surface area (Å²) >= 11 is 1.50. The van der Waals surface area contributed by atoms with Gasteiger partial charge in [0, 0.05) is 22.3 Å². The molecule has 0 aliphatic rings. The number of aromatic nitrogens is 2. The van der Waals surface area contributed by atoms with Crippen molar-refractivity contribution in [2.75, 3.05) is 12.9 Å². The number of carbonyl (C=O) groups is 1. The van der Waals surface area contributed by atoms with E-state index in [0.717, 1.165) is 22.6 Å². The van der Waals surface area contributed by atoms with Crippen LogP contribution in [0.15, 0.2) is 45.9 Å². The number of amides is 1. The molecule has 10 heteroatoms. The molecule has 1 aromatic heterocycles. The lowest BCUT2D eigenvalue weighted by Gasteiger charge is -2.05. The van der Waals surface area contributed by atoms with Crippen LogP contribution >= 0.6 is 11.8 Å². The topological polar surface area (TPSA) is 120 Å². The van der Waals surface area contributed by atoms with Gasteiger partial charge in [0.2, 0.25) is 5.52 Å². The van der Waals surface area contributed by atoms with E-state index in [2.05, 4.69) is 25.3 Å². The van der Waals surface area contributed by atoms with Crippen molar-refractivity contribution < 1.29 is 19.2 Å². The average Bonchev–Trinajstić information content (AvgIpc) is 3.12. The quantitative estimate of drug-likeness (QED) is 0.381. The van der Waals surface area contributed by atoms with Gasteiger partial charge in [0.15, 0.2) is 5.52 Å². The third-order valence-corrected chi connectivity index (χ3v) is 4.66. The number of nitro benzene ring substituents is 1.